The number of rotatable bonds is 3. The van der Waals surface area contributed by atoms with Crippen molar-refractivity contribution in [3.63, 3.8) is 0 Å². The minimum atomic E-state index is 0.178. The van der Waals surface area contributed by atoms with E-state index in [2.05, 4.69) is 31.1 Å². The SMILES string of the molecule is Cc1nc(-c2cccc(N3CC(CBr)CC3=O)c2)n[nH]1. The van der Waals surface area contributed by atoms with Crippen molar-refractivity contribution in [1.29, 1.82) is 0 Å². The van der Waals surface area contributed by atoms with Crippen molar-refractivity contribution in [2.24, 2.45) is 5.92 Å². The van der Waals surface area contributed by atoms with Gasteiger partial charge >= 0.3 is 0 Å². The quantitative estimate of drug-likeness (QED) is 0.877. The minimum Gasteiger partial charge on any atom is -0.312 e. The van der Waals surface area contributed by atoms with Gasteiger partial charge in [-0.2, -0.15) is 5.10 Å². The molecule has 104 valence electrons. The Labute approximate surface area is 125 Å². The van der Waals surface area contributed by atoms with Crippen LogP contribution in [0.5, 0.6) is 0 Å². The highest BCUT2D eigenvalue weighted by Crippen LogP contribution is 2.28. The van der Waals surface area contributed by atoms with Crippen molar-refractivity contribution in [3.05, 3.63) is 30.1 Å². The van der Waals surface area contributed by atoms with E-state index in [-0.39, 0.29) is 5.91 Å². The summed E-state index contributed by atoms with van der Waals surface area (Å²) in [5.74, 6) is 2.00. The second-order valence-corrected chi connectivity index (χ2v) is 5.67. The molecule has 0 saturated carbocycles. The largest absolute Gasteiger partial charge is 0.312 e. The number of anilines is 1. The number of alkyl halides is 1. The highest BCUT2D eigenvalue weighted by molar-refractivity contribution is 9.09. The number of aryl methyl sites for hydroxylation is 1. The molecule has 2 aromatic rings. The molecule has 1 saturated heterocycles. The summed E-state index contributed by atoms with van der Waals surface area (Å²) in [5, 5.41) is 7.85. The van der Waals surface area contributed by atoms with Crippen molar-refractivity contribution in [2.45, 2.75) is 13.3 Å². The predicted octanol–water partition coefficient (Wildman–Crippen LogP) is 2.53. The molecule has 1 aliphatic rings. The molecule has 1 unspecified atom stereocenters. The number of H-pyrrole nitrogens is 1. The lowest BCUT2D eigenvalue weighted by Crippen LogP contribution is -2.24. The molecule has 1 aliphatic heterocycles. The summed E-state index contributed by atoms with van der Waals surface area (Å²) in [5.41, 5.74) is 1.83. The minimum absolute atomic E-state index is 0.178. The van der Waals surface area contributed by atoms with Crippen molar-refractivity contribution < 1.29 is 4.79 Å². The van der Waals surface area contributed by atoms with Crippen LogP contribution in [-0.4, -0.2) is 33.0 Å². The van der Waals surface area contributed by atoms with Crippen LogP contribution in [0.4, 0.5) is 5.69 Å². The fourth-order valence-electron chi connectivity index (χ4n) is 2.42. The first kappa shape index (κ1) is 13.3. The van der Waals surface area contributed by atoms with Crippen LogP contribution in [0.25, 0.3) is 11.4 Å². The van der Waals surface area contributed by atoms with E-state index in [4.69, 9.17) is 0 Å². The monoisotopic (exact) mass is 334 g/mol. The first-order chi connectivity index (χ1) is 9.67. The van der Waals surface area contributed by atoms with Crippen LogP contribution < -0.4 is 4.90 Å². The van der Waals surface area contributed by atoms with Gasteiger partial charge in [-0.05, 0) is 25.0 Å². The topological polar surface area (TPSA) is 61.9 Å². The maximum atomic E-state index is 12.1. The molecule has 20 heavy (non-hydrogen) atoms. The van der Waals surface area contributed by atoms with Gasteiger partial charge < -0.3 is 4.90 Å². The molecule has 1 atom stereocenters. The third-order valence-electron chi connectivity index (χ3n) is 3.44. The fourth-order valence-corrected chi connectivity index (χ4v) is 2.85. The Morgan fingerprint density at radius 1 is 1.50 bits per heavy atom. The summed E-state index contributed by atoms with van der Waals surface area (Å²) in [6, 6.07) is 7.81. The number of carbonyl (C=O) groups excluding carboxylic acids is 1. The molecule has 2 heterocycles. The van der Waals surface area contributed by atoms with E-state index in [0.717, 1.165) is 29.0 Å². The Morgan fingerprint density at radius 3 is 3.00 bits per heavy atom. The normalized spacial score (nSPS) is 18.8. The van der Waals surface area contributed by atoms with Crippen molar-refractivity contribution in [2.75, 3.05) is 16.8 Å². The van der Waals surface area contributed by atoms with E-state index in [1.54, 1.807) is 0 Å². The van der Waals surface area contributed by atoms with E-state index >= 15 is 0 Å². The summed E-state index contributed by atoms with van der Waals surface area (Å²) in [4.78, 5) is 18.2. The standard InChI is InChI=1S/C14H15BrN4O/c1-9-16-14(18-17-9)11-3-2-4-12(6-11)19-8-10(7-15)5-13(19)20/h2-4,6,10H,5,7-8H2,1H3,(H,16,17,18). The molecule has 1 aromatic heterocycles. The average Bonchev–Trinajstić information content (AvgIpc) is 3.05. The van der Waals surface area contributed by atoms with Crippen molar-refractivity contribution in [3.8, 4) is 11.4 Å². The van der Waals surface area contributed by atoms with Crippen LogP contribution in [0.1, 0.15) is 12.2 Å². The first-order valence-electron chi connectivity index (χ1n) is 6.53. The lowest BCUT2D eigenvalue weighted by atomic mass is 10.1. The summed E-state index contributed by atoms with van der Waals surface area (Å²) >= 11 is 3.45. The zero-order chi connectivity index (χ0) is 14.1. The maximum Gasteiger partial charge on any atom is 0.227 e. The van der Waals surface area contributed by atoms with Crippen LogP contribution in [0, 0.1) is 12.8 Å². The summed E-state index contributed by atoms with van der Waals surface area (Å²) in [6.45, 7) is 2.63. The molecule has 1 aromatic carbocycles. The van der Waals surface area contributed by atoms with Gasteiger partial charge in [-0.1, -0.05) is 28.1 Å². The molecule has 0 radical (unpaired) electrons. The molecule has 1 amide bonds. The maximum absolute atomic E-state index is 12.1. The zero-order valence-electron chi connectivity index (χ0n) is 11.1. The number of carbonyl (C=O) groups is 1. The predicted molar refractivity (Wildman–Crippen MR) is 80.8 cm³/mol. The number of halogens is 1. The third kappa shape index (κ3) is 2.47. The Kier molecular flexibility index (Phi) is 3.56. The number of hydrogen-bond acceptors (Lipinski definition) is 3. The molecular weight excluding hydrogens is 320 g/mol. The van der Waals surface area contributed by atoms with Gasteiger partial charge in [-0.3, -0.25) is 9.89 Å². The smallest absolute Gasteiger partial charge is 0.227 e. The molecule has 3 rings (SSSR count). The van der Waals surface area contributed by atoms with Gasteiger partial charge in [0, 0.05) is 29.5 Å². The first-order valence-corrected chi connectivity index (χ1v) is 7.65. The Morgan fingerprint density at radius 2 is 2.35 bits per heavy atom. The van der Waals surface area contributed by atoms with E-state index in [0.29, 0.717) is 18.2 Å². The molecular formula is C14H15BrN4O. The third-order valence-corrected chi connectivity index (χ3v) is 4.35. The van der Waals surface area contributed by atoms with E-state index in [9.17, 15) is 4.79 Å². The highest BCUT2D eigenvalue weighted by Gasteiger charge is 2.29. The van der Waals surface area contributed by atoms with Gasteiger partial charge in [0.1, 0.15) is 5.82 Å². The Balaban J connectivity index is 1.90. The number of aromatic amines is 1. The van der Waals surface area contributed by atoms with Gasteiger partial charge in [0.2, 0.25) is 5.91 Å². The molecule has 6 heteroatoms. The summed E-state index contributed by atoms with van der Waals surface area (Å²) in [7, 11) is 0. The van der Waals surface area contributed by atoms with Crippen LogP contribution in [-0.2, 0) is 4.79 Å². The Hall–Kier alpha value is -1.69. The Bertz CT molecular complexity index is 640. The zero-order valence-corrected chi connectivity index (χ0v) is 12.7. The van der Waals surface area contributed by atoms with E-state index in [1.165, 1.54) is 0 Å². The van der Waals surface area contributed by atoms with Crippen LogP contribution >= 0.6 is 15.9 Å². The number of aromatic nitrogens is 3. The lowest BCUT2D eigenvalue weighted by Gasteiger charge is -2.17. The van der Waals surface area contributed by atoms with Crippen LogP contribution in [0.3, 0.4) is 0 Å². The molecule has 1 N–H and O–H groups in total. The van der Waals surface area contributed by atoms with Gasteiger partial charge in [-0.15, -0.1) is 0 Å². The highest BCUT2D eigenvalue weighted by atomic mass is 79.9. The second kappa shape index (κ2) is 5.36. The number of nitrogens with one attached hydrogen (secondary N) is 1. The number of nitrogens with zero attached hydrogens (tertiary/aromatic N) is 3. The lowest BCUT2D eigenvalue weighted by molar-refractivity contribution is -0.117. The summed E-state index contributed by atoms with van der Waals surface area (Å²) < 4.78 is 0. The molecule has 1 fully saturated rings. The van der Waals surface area contributed by atoms with E-state index in [1.807, 2.05) is 36.1 Å². The van der Waals surface area contributed by atoms with Gasteiger partial charge in [-0.25, -0.2) is 4.98 Å². The summed E-state index contributed by atoms with van der Waals surface area (Å²) in [6.07, 6.45) is 0.606. The fraction of sp³-hybridized carbons (Fsp3) is 0.357. The number of amides is 1. The van der Waals surface area contributed by atoms with Gasteiger partial charge in [0.25, 0.3) is 0 Å². The van der Waals surface area contributed by atoms with E-state index < -0.39 is 0 Å². The molecule has 5 nitrogen and oxygen atoms in total. The van der Waals surface area contributed by atoms with Gasteiger partial charge in [0.15, 0.2) is 5.82 Å². The van der Waals surface area contributed by atoms with Crippen LogP contribution in [0.2, 0.25) is 0 Å². The van der Waals surface area contributed by atoms with Gasteiger partial charge in [0.05, 0.1) is 0 Å². The average molecular weight is 335 g/mol. The molecule has 0 bridgehead atoms. The van der Waals surface area contributed by atoms with Crippen molar-refractivity contribution in [1.82, 2.24) is 15.2 Å². The molecule has 0 aliphatic carbocycles. The van der Waals surface area contributed by atoms with Crippen LogP contribution in [0.15, 0.2) is 24.3 Å². The number of hydrogen-bond donors (Lipinski definition) is 1. The van der Waals surface area contributed by atoms with Crippen molar-refractivity contribution >= 4 is 27.5 Å². The molecule has 0 spiro atoms. The second-order valence-electron chi connectivity index (χ2n) is 5.02. The number of benzene rings is 1.